The summed E-state index contributed by atoms with van der Waals surface area (Å²) >= 11 is 5.81. The summed E-state index contributed by atoms with van der Waals surface area (Å²) in [5, 5.41) is 0.773. The maximum absolute atomic E-state index is 5.60. The fourth-order valence-corrected chi connectivity index (χ4v) is 4.17. The van der Waals surface area contributed by atoms with Crippen LogP contribution in [0.15, 0.2) is 22.7 Å². The third-order valence-corrected chi connectivity index (χ3v) is 5.39. The third kappa shape index (κ3) is 3.43. The smallest absolute Gasteiger partial charge is 0.0511 e. The molecule has 4 heteroatoms. The first kappa shape index (κ1) is 14.2. The quantitative estimate of drug-likeness (QED) is 0.919. The van der Waals surface area contributed by atoms with Gasteiger partial charge in [-0.3, -0.25) is 0 Å². The van der Waals surface area contributed by atoms with E-state index < -0.39 is 0 Å². The van der Waals surface area contributed by atoms with Gasteiger partial charge in [-0.25, -0.2) is 0 Å². The van der Waals surface area contributed by atoms with Crippen molar-refractivity contribution in [3.63, 3.8) is 0 Å². The van der Waals surface area contributed by atoms with Gasteiger partial charge < -0.3 is 10.6 Å². The Balaban J connectivity index is 2.12. The molecule has 1 aromatic rings. The van der Waals surface area contributed by atoms with Crippen LogP contribution in [0.3, 0.4) is 0 Å². The SMILES string of the molecule is CCC1CN(c2ccc(CCN)cc2Br)CCS1. The second kappa shape index (κ2) is 6.83. The standard InChI is InChI=1S/C14H21BrN2S/c1-2-12-10-17(7-8-18-12)14-4-3-11(5-6-16)9-13(14)15/h3-4,9,12H,2,5-8,10,16H2,1H3. The molecule has 18 heavy (non-hydrogen) atoms. The molecule has 1 unspecified atom stereocenters. The second-order valence-electron chi connectivity index (χ2n) is 4.67. The number of rotatable bonds is 4. The van der Waals surface area contributed by atoms with Gasteiger partial charge in [-0.1, -0.05) is 13.0 Å². The molecule has 1 heterocycles. The van der Waals surface area contributed by atoms with Crippen LogP contribution in [0.1, 0.15) is 18.9 Å². The molecule has 0 aromatic heterocycles. The van der Waals surface area contributed by atoms with E-state index in [2.05, 4.69) is 57.7 Å². The minimum atomic E-state index is 0.712. The van der Waals surface area contributed by atoms with Crippen molar-refractivity contribution >= 4 is 33.4 Å². The highest BCUT2D eigenvalue weighted by atomic mass is 79.9. The highest BCUT2D eigenvalue weighted by Crippen LogP contribution is 2.31. The van der Waals surface area contributed by atoms with E-state index in [0.29, 0.717) is 6.54 Å². The topological polar surface area (TPSA) is 29.3 Å². The highest BCUT2D eigenvalue weighted by molar-refractivity contribution is 9.10. The van der Waals surface area contributed by atoms with E-state index in [1.165, 1.54) is 27.9 Å². The van der Waals surface area contributed by atoms with Crippen molar-refractivity contribution in [2.45, 2.75) is 25.0 Å². The van der Waals surface area contributed by atoms with Crippen LogP contribution in [0.4, 0.5) is 5.69 Å². The predicted octanol–water partition coefficient (Wildman–Crippen LogP) is 3.28. The zero-order chi connectivity index (χ0) is 13.0. The number of anilines is 1. The summed E-state index contributed by atoms with van der Waals surface area (Å²) in [7, 11) is 0. The van der Waals surface area contributed by atoms with Gasteiger partial charge in [0, 0.05) is 28.6 Å². The molecule has 0 spiro atoms. The largest absolute Gasteiger partial charge is 0.369 e. The van der Waals surface area contributed by atoms with E-state index in [1.807, 2.05) is 0 Å². The van der Waals surface area contributed by atoms with Crippen molar-refractivity contribution < 1.29 is 0 Å². The molecule has 1 fully saturated rings. The number of benzene rings is 1. The van der Waals surface area contributed by atoms with Gasteiger partial charge in [-0.05, 0) is 53.0 Å². The summed E-state index contributed by atoms with van der Waals surface area (Å²) in [6, 6.07) is 6.65. The van der Waals surface area contributed by atoms with Crippen molar-refractivity contribution in [1.82, 2.24) is 0 Å². The number of thioether (sulfide) groups is 1. The van der Waals surface area contributed by atoms with Crippen molar-refractivity contribution in [1.29, 1.82) is 0 Å². The lowest BCUT2D eigenvalue weighted by Gasteiger charge is -2.34. The first-order valence-electron chi connectivity index (χ1n) is 6.59. The molecule has 0 amide bonds. The highest BCUT2D eigenvalue weighted by Gasteiger charge is 2.20. The maximum atomic E-state index is 5.60. The lowest BCUT2D eigenvalue weighted by Crippen LogP contribution is -2.37. The number of nitrogens with two attached hydrogens (primary N) is 1. The van der Waals surface area contributed by atoms with E-state index in [1.54, 1.807) is 0 Å². The summed E-state index contributed by atoms with van der Waals surface area (Å²) in [4.78, 5) is 2.50. The van der Waals surface area contributed by atoms with Gasteiger partial charge in [0.2, 0.25) is 0 Å². The lowest BCUT2D eigenvalue weighted by molar-refractivity contribution is 0.727. The minimum Gasteiger partial charge on any atom is -0.369 e. The minimum absolute atomic E-state index is 0.712. The fraction of sp³-hybridized carbons (Fsp3) is 0.571. The summed E-state index contributed by atoms with van der Waals surface area (Å²) in [6.45, 7) is 5.30. The van der Waals surface area contributed by atoms with E-state index in [0.717, 1.165) is 24.8 Å². The van der Waals surface area contributed by atoms with Gasteiger partial charge in [0.15, 0.2) is 0 Å². The Morgan fingerprint density at radius 2 is 2.33 bits per heavy atom. The molecule has 100 valence electrons. The van der Waals surface area contributed by atoms with Crippen LogP contribution < -0.4 is 10.6 Å². The summed E-state index contributed by atoms with van der Waals surface area (Å²) in [6.07, 6.45) is 2.20. The predicted molar refractivity (Wildman–Crippen MR) is 85.7 cm³/mol. The zero-order valence-electron chi connectivity index (χ0n) is 10.9. The molecule has 1 aliphatic heterocycles. The van der Waals surface area contributed by atoms with E-state index >= 15 is 0 Å². The zero-order valence-corrected chi connectivity index (χ0v) is 13.3. The average Bonchev–Trinajstić information content (AvgIpc) is 2.39. The Hall–Kier alpha value is -0.190. The van der Waals surface area contributed by atoms with Crippen LogP contribution in [-0.2, 0) is 6.42 Å². The van der Waals surface area contributed by atoms with E-state index in [-0.39, 0.29) is 0 Å². The van der Waals surface area contributed by atoms with Crippen LogP contribution in [0.25, 0.3) is 0 Å². The van der Waals surface area contributed by atoms with Crippen LogP contribution >= 0.6 is 27.7 Å². The Bertz CT molecular complexity index is 397. The lowest BCUT2D eigenvalue weighted by atomic mass is 10.1. The number of hydrogen-bond acceptors (Lipinski definition) is 3. The number of halogens is 1. The summed E-state index contributed by atoms with van der Waals surface area (Å²) in [5.74, 6) is 1.23. The van der Waals surface area contributed by atoms with Crippen molar-refractivity contribution in [3.05, 3.63) is 28.2 Å². The monoisotopic (exact) mass is 328 g/mol. The molecule has 1 aliphatic rings. The molecule has 2 N–H and O–H groups in total. The first-order valence-corrected chi connectivity index (χ1v) is 8.43. The van der Waals surface area contributed by atoms with Crippen LogP contribution in [0.5, 0.6) is 0 Å². The van der Waals surface area contributed by atoms with Crippen LogP contribution in [0, 0.1) is 0 Å². The molecule has 1 saturated heterocycles. The molecule has 0 saturated carbocycles. The fourth-order valence-electron chi connectivity index (χ4n) is 2.31. The molecular formula is C14H21BrN2S. The third-order valence-electron chi connectivity index (χ3n) is 3.38. The van der Waals surface area contributed by atoms with Crippen molar-refractivity contribution in [2.24, 2.45) is 5.73 Å². The molecule has 1 aromatic carbocycles. The molecule has 0 aliphatic carbocycles. The average molecular weight is 329 g/mol. The summed E-state index contributed by atoms with van der Waals surface area (Å²) in [5.41, 5.74) is 8.24. The van der Waals surface area contributed by atoms with Gasteiger partial charge in [-0.2, -0.15) is 11.8 Å². The van der Waals surface area contributed by atoms with Gasteiger partial charge in [0.05, 0.1) is 5.69 Å². The molecule has 2 nitrogen and oxygen atoms in total. The van der Waals surface area contributed by atoms with Gasteiger partial charge in [0.25, 0.3) is 0 Å². The number of hydrogen-bond donors (Lipinski definition) is 1. The second-order valence-corrected chi connectivity index (χ2v) is 6.93. The summed E-state index contributed by atoms with van der Waals surface area (Å²) < 4.78 is 1.20. The van der Waals surface area contributed by atoms with Gasteiger partial charge in [-0.15, -0.1) is 0 Å². The number of nitrogens with zero attached hydrogens (tertiary/aromatic N) is 1. The first-order chi connectivity index (χ1) is 8.74. The maximum Gasteiger partial charge on any atom is 0.0511 e. The molecule has 2 rings (SSSR count). The molecular weight excluding hydrogens is 308 g/mol. The Morgan fingerprint density at radius 3 is 3.00 bits per heavy atom. The van der Waals surface area contributed by atoms with Crippen molar-refractivity contribution in [3.8, 4) is 0 Å². The molecule has 0 radical (unpaired) electrons. The molecule has 1 atom stereocenters. The van der Waals surface area contributed by atoms with E-state index in [4.69, 9.17) is 5.73 Å². The van der Waals surface area contributed by atoms with Crippen molar-refractivity contribution in [2.75, 3.05) is 30.3 Å². The Labute approximate surface area is 122 Å². The Kier molecular flexibility index (Phi) is 5.39. The van der Waals surface area contributed by atoms with E-state index in [9.17, 15) is 0 Å². The van der Waals surface area contributed by atoms with Crippen LogP contribution in [0.2, 0.25) is 0 Å². The molecule has 0 bridgehead atoms. The Morgan fingerprint density at radius 1 is 1.50 bits per heavy atom. The van der Waals surface area contributed by atoms with Gasteiger partial charge in [0.1, 0.15) is 0 Å². The van der Waals surface area contributed by atoms with Gasteiger partial charge >= 0.3 is 0 Å². The van der Waals surface area contributed by atoms with Crippen LogP contribution in [-0.4, -0.2) is 30.6 Å². The normalized spacial score (nSPS) is 20.2.